The molecule has 1 nitrogen and oxygen atoms in total. The standard InChI is InChI=1S/CHNS.Mo/c2-1-3;/h3H;/p-1. The molecule has 0 bridgehead atoms. The van der Waals surface area contributed by atoms with Crippen LogP contribution in [-0.4, -0.2) is 0 Å². The maximum absolute atomic E-state index is 7.13. The monoisotopic (exact) mass is 156 g/mol. The number of hydrogen-bond acceptors (Lipinski definition) is 2. The SMILES string of the molecule is N#C[S-].[Mo]. The van der Waals surface area contributed by atoms with Gasteiger partial charge in [0.25, 0.3) is 0 Å². The molecule has 22 valence electrons. The first-order valence-corrected chi connectivity index (χ1v) is 0.836. The van der Waals surface area contributed by atoms with E-state index >= 15 is 0 Å². The predicted molar refractivity (Wildman–Crippen MR) is 13.0 cm³/mol. The maximum atomic E-state index is 7.13. The summed E-state index contributed by atoms with van der Waals surface area (Å²) in [5.41, 5.74) is 0. The minimum atomic E-state index is 0. The van der Waals surface area contributed by atoms with Crippen LogP contribution < -0.4 is 0 Å². The second-order valence-electron chi connectivity index (χ2n) is 0.0913. The van der Waals surface area contributed by atoms with Crippen molar-refractivity contribution in [2.75, 3.05) is 0 Å². The summed E-state index contributed by atoms with van der Waals surface area (Å²) in [7, 11) is 0. The molecule has 0 N–H and O–H groups in total. The van der Waals surface area contributed by atoms with Gasteiger partial charge in [-0.05, 0) is 0 Å². The minimum absolute atomic E-state index is 0. The first-order valence-electron chi connectivity index (χ1n) is 0.428. The molecule has 0 aromatic heterocycles. The van der Waals surface area contributed by atoms with E-state index in [2.05, 4.69) is 12.6 Å². The van der Waals surface area contributed by atoms with E-state index in [1.165, 1.54) is 5.40 Å². The molecule has 0 heterocycles. The van der Waals surface area contributed by atoms with E-state index in [4.69, 9.17) is 5.26 Å². The zero-order chi connectivity index (χ0) is 2.71. The van der Waals surface area contributed by atoms with Crippen LogP contribution in [0.5, 0.6) is 0 Å². The van der Waals surface area contributed by atoms with Crippen LogP contribution in [0.25, 0.3) is 0 Å². The van der Waals surface area contributed by atoms with Gasteiger partial charge in [-0.1, -0.05) is 5.40 Å². The van der Waals surface area contributed by atoms with Gasteiger partial charge >= 0.3 is 0 Å². The number of nitrogens with zero attached hydrogens (tertiary/aromatic N) is 1. The Morgan fingerprint density at radius 1 is 1.75 bits per heavy atom. The average Bonchev–Trinajstić information content (AvgIpc) is 0.918. The van der Waals surface area contributed by atoms with Crippen molar-refractivity contribution in [3.05, 3.63) is 0 Å². The van der Waals surface area contributed by atoms with Crippen molar-refractivity contribution in [3.8, 4) is 5.40 Å². The number of nitriles is 1. The fourth-order valence-electron chi connectivity index (χ4n) is 0. The molecule has 0 unspecified atom stereocenters. The Morgan fingerprint density at radius 3 is 1.75 bits per heavy atom. The molecule has 3 heteroatoms. The van der Waals surface area contributed by atoms with Crippen molar-refractivity contribution >= 4 is 12.6 Å². The van der Waals surface area contributed by atoms with Gasteiger partial charge in [0, 0.05) is 21.1 Å². The van der Waals surface area contributed by atoms with E-state index in [0.29, 0.717) is 0 Å². The summed E-state index contributed by atoms with van der Waals surface area (Å²) in [6.07, 6.45) is 0. The molecule has 0 saturated heterocycles. The third-order valence-corrected chi connectivity index (χ3v) is 0. The molecule has 0 aromatic rings. The molecule has 0 atom stereocenters. The fraction of sp³-hybridized carbons (Fsp3) is 0. The smallest absolute Gasteiger partial charge is 0 e. The van der Waals surface area contributed by atoms with Crippen LogP contribution in [0.4, 0.5) is 0 Å². The van der Waals surface area contributed by atoms with Crippen LogP contribution in [-0.2, 0) is 33.7 Å². The second-order valence-corrected chi connectivity index (χ2v) is 0.274. The van der Waals surface area contributed by atoms with Gasteiger partial charge in [-0.3, -0.25) is 0 Å². The molecule has 4 heavy (non-hydrogen) atoms. The van der Waals surface area contributed by atoms with Gasteiger partial charge in [0.15, 0.2) is 0 Å². The summed E-state index contributed by atoms with van der Waals surface area (Å²) in [5.74, 6) is 0. The van der Waals surface area contributed by atoms with Gasteiger partial charge in [0.2, 0.25) is 0 Å². The summed E-state index contributed by atoms with van der Waals surface area (Å²) in [4.78, 5) is 0. The second kappa shape index (κ2) is 10.00. The third kappa shape index (κ3) is 29.6. The van der Waals surface area contributed by atoms with E-state index in [-0.39, 0.29) is 21.1 Å². The fourth-order valence-corrected chi connectivity index (χ4v) is 0. The van der Waals surface area contributed by atoms with Crippen LogP contribution in [0.3, 0.4) is 0 Å². The van der Waals surface area contributed by atoms with Crippen molar-refractivity contribution in [1.29, 1.82) is 5.26 Å². The van der Waals surface area contributed by atoms with Crippen molar-refractivity contribution in [1.82, 2.24) is 0 Å². The van der Waals surface area contributed by atoms with E-state index < -0.39 is 0 Å². The summed E-state index contributed by atoms with van der Waals surface area (Å²) in [6, 6.07) is 0. The molecule has 0 aliphatic carbocycles. The Bertz CT molecular complexity index is 29.5. The van der Waals surface area contributed by atoms with Gasteiger partial charge in [-0.2, -0.15) is 0 Å². The van der Waals surface area contributed by atoms with Gasteiger partial charge in [-0.25, -0.2) is 5.26 Å². The Hall–Kier alpha value is 0.398. The van der Waals surface area contributed by atoms with Crippen molar-refractivity contribution in [3.63, 3.8) is 0 Å². The molecule has 0 radical (unpaired) electrons. The Balaban J connectivity index is 0. The van der Waals surface area contributed by atoms with Crippen LogP contribution >= 0.6 is 0 Å². The molecular weight excluding hydrogens is 154 g/mol. The van der Waals surface area contributed by atoms with Crippen molar-refractivity contribution in [2.45, 2.75) is 0 Å². The van der Waals surface area contributed by atoms with Crippen LogP contribution in [0.15, 0.2) is 0 Å². The van der Waals surface area contributed by atoms with Crippen molar-refractivity contribution < 1.29 is 21.1 Å². The normalized spacial score (nSPS) is 1.75. The van der Waals surface area contributed by atoms with Crippen LogP contribution in [0, 0.1) is 10.7 Å². The van der Waals surface area contributed by atoms with Gasteiger partial charge in [0.1, 0.15) is 0 Å². The average molecular weight is 154 g/mol. The molecule has 0 aliphatic heterocycles. The van der Waals surface area contributed by atoms with Crippen LogP contribution in [0.1, 0.15) is 0 Å². The first kappa shape index (κ1) is 8.83. The van der Waals surface area contributed by atoms with Gasteiger partial charge in [0.05, 0.1) is 0 Å². The predicted octanol–water partition coefficient (Wildman–Crippen LogP) is 0.0119. The minimum Gasteiger partial charge on any atom is -0.696 e. The molecular formula is CMoNS-. The van der Waals surface area contributed by atoms with E-state index in [0.717, 1.165) is 0 Å². The quantitative estimate of drug-likeness (QED) is 0.279. The van der Waals surface area contributed by atoms with Gasteiger partial charge in [-0.15, -0.1) is 0 Å². The first-order chi connectivity index (χ1) is 1.41. The van der Waals surface area contributed by atoms with E-state index in [1.807, 2.05) is 0 Å². The molecule has 0 aliphatic rings. The molecule has 0 fully saturated rings. The van der Waals surface area contributed by atoms with Crippen molar-refractivity contribution in [2.24, 2.45) is 0 Å². The summed E-state index contributed by atoms with van der Waals surface area (Å²) in [6.45, 7) is 0. The topological polar surface area (TPSA) is 23.8 Å². The largest absolute Gasteiger partial charge is 0.696 e. The molecule has 0 amide bonds. The summed E-state index contributed by atoms with van der Waals surface area (Å²) in [5, 5.41) is 8.47. The maximum Gasteiger partial charge on any atom is 0 e. The molecule has 0 spiro atoms. The number of rotatable bonds is 0. The number of thiocyanates is 1. The van der Waals surface area contributed by atoms with E-state index in [9.17, 15) is 0 Å². The Kier molecular flexibility index (Phi) is 22.1. The Labute approximate surface area is 44.7 Å². The zero-order valence-corrected chi connectivity index (χ0v) is 4.59. The summed E-state index contributed by atoms with van der Waals surface area (Å²) < 4.78 is 0. The number of hydrogen-bond donors (Lipinski definition) is 0. The third-order valence-electron chi connectivity index (χ3n) is 0. The molecule has 0 rings (SSSR count). The molecule has 0 aromatic carbocycles. The zero-order valence-electron chi connectivity index (χ0n) is 1.76. The van der Waals surface area contributed by atoms with Crippen LogP contribution in [0.2, 0.25) is 0 Å². The summed E-state index contributed by atoms with van der Waals surface area (Å²) >= 11 is 3.70. The van der Waals surface area contributed by atoms with E-state index in [1.54, 1.807) is 0 Å². The Morgan fingerprint density at radius 2 is 1.75 bits per heavy atom. The molecule has 0 saturated carbocycles. The van der Waals surface area contributed by atoms with Gasteiger partial charge < -0.3 is 12.6 Å².